The number of ether oxygens (including phenoxy) is 1. The molecule has 1 aliphatic rings. The van der Waals surface area contributed by atoms with E-state index >= 15 is 0 Å². The van der Waals surface area contributed by atoms with E-state index in [1.807, 2.05) is 0 Å². The zero-order valence-corrected chi connectivity index (χ0v) is 12.4. The van der Waals surface area contributed by atoms with Gasteiger partial charge in [-0.1, -0.05) is 6.42 Å². The van der Waals surface area contributed by atoms with Crippen molar-refractivity contribution in [3.05, 3.63) is 28.5 Å². The van der Waals surface area contributed by atoms with E-state index in [-0.39, 0.29) is 12.4 Å². The Balaban J connectivity index is 1.75. The number of hydrogen-bond donors (Lipinski definition) is 1. The molecule has 1 aromatic rings. The molecule has 0 amide bonds. The molecule has 5 heteroatoms. The van der Waals surface area contributed by atoms with Crippen LogP contribution < -0.4 is 4.74 Å². The van der Waals surface area contributed by atoms with Crippen LogP contribution in [0, 0.1) is 5.82 Å². The van der Waals surface area contributed by atoms with Gasteiger partial charge in [0.15, 0.2) is 0 Å². The second-order valence-electron chi connectivity index (χ2n) is 4.90. The Morgan fingerprint density at radius 3 is 2.74 bits per heavy atom. The van der Waals surface area contributed by atoms with Crippen molar-refractivity contribution in [1.29, 1.82) is 0 Å². The number of aliphatic hydroxyl groups excluding tert-OH is 1. The maximum absolute atomic E-state index is 13.3. The number of nitrogens with zero attached hydrogens (tertiary/aromatic N) is 1. The first-order valence-electron chi connectivity index (χ1n) is 6.63. The highest BCUT2D eigenvalue weighted by atomic mass is 79.9. The predicted octanol–water partition coefficient (Wildman–Crippen LogP) is 2.81. The van der Waals surface area contributed by atoms with Gasteiger partial charge < -0.3 is 14.7 Å². The van der Waals surface area contributed by atoms with Crippen molar-refractivity contribution in [3.63, 3.8) is 0 Å². The molecule has 1 saturated heterocycles. The molecular formula is C14H19BrFNO2. The Hall–Kier alpha value is -0.650. The molecule has 1 heterocycles. The first kappa shape index (κ1) is 14.8. The highest BCUT2D eigenvalue weighted by Crippen LogP contribution is 2.21. The first-order valence-corrected chi connectivity index (χ1v) is 7.43. The lowest BCUT2D eigenvalue weighted by atomic mass is 10.1. The number of aliphatic hydroxyl groups is 1. The normalized spacial score (nSPS) is 18.3. The topological polar surface area (TPSA) is 32.7 Å². The quantitative estimate of drug-likeness (QED) is 0.900. The molecule has 0 aromatic heterocycles. The van der Waals surface area contributed by atoms with Crippen molar-refractivity contribution in [2.24, 2.45) is 0 Å². The van der Waals surface area contributed by atoms with Crippen molar-refractivity contribution in [1.82, 2.24) is 4.90 Å². The fourth-order valence-electron chi connectivity index (χ4n) is 2.25. The maximum Gasteiger partial charge on any atom is 0.141 e. The number of piperidine rings is 1. The predicted molar refractivity (Wildman–Crippen MR) is 75.9 cm³/mol. The third-order valence-corrected chi connectivity index (χ3v) is 3.89. The summed E-state index contributed by atoms with van der Waals surface area (Å²) in [6.07, 6.45) is 3.14. The number of rotatable bonds is 5. The summed E-state index contributed by atoms with van der Waals surface area (Å²) < 4.78 is 19.1. The van der Waals surface area contributed by atoms with Crippen molar-refractivity contribution < 1.29 is 14.2 Å². The molecule has 1 fully saturated rings. The summed E-state index contributed by atoms with van der Waals surface area (Å²) in [5, 5.41) is 9.92. The van der Waals surface area contributed by atoms with Crippen LogP contribution in [0.1, 0.15) is 19.3 Å². The van der Waals surface area contributed by atoms with Crippen LogP contribution in [0.3, 0.4) is 0 Å². The zero-order chi connectivity index (χ0) is 13.7. The van der Waals surface area contributed by atoms with Gasteiger partial charge in [0, 0.05) is 12.6 Å². The third kappa shape index (κ3) is 4.75. The van der Waals surface area contributed by atoms with Crippen LogP contribution in [-0.2, 0) is 0 Å². The minimum Gasteiger partial charge on any atom is -0.491 e. The summed E-state index contributed by atoms with van der Waals surface area (Å²) in [5.41, 5.74) is 0. The zero-order valence-electron chi connectivity index (χ0n) is 10.8. The average molecular weight is 332 g/mol. The Bertz CT molecular complexity index is 410. The van der Waals surface area contributed by atoms with Crippen LogP contribution >= 0.6 is 15.9 Å². The standard InChI is InChI=1S/C14H19BrFNO2/c15-13-5-4-12(8-14(13)16)19-10-11(18)9-17-6-2-1-3-7-17/h4-5,8,11,18H,1-3,6-7,9-10H2. The Labute approximate surface area is 121 Å². The lowest BCUT2D eigenvalue weighted by Crippen LogP contribution is -2.38. The summed E-state index contributed by atoms with van der Waals surface area (Å²) in [4.78, 5) is 2.25. The molecule has 1 aromatic carbocycles. The first-order chi connectivity index (χ1) is 9.15. The van der Waals surface area contributed by atoms with Gasteiger partial charge in [-0.15, -0.1) is 0 Å². The van der Waals surface area contributed by atoms with E-state index in [1.54, 1.807) is 12.1 Å². The second kappa shape index (κ2) is 7.22. The highest BCUT2D eigenvalue weighted by molar-refractivity contribution is 9.10. The molecule has 1 aliphatic heterocycles. The molecular weight excluding hydrogens is 313 g/mol. The fourth-order valence-corrected chi connectivity index (χ4v) is 2.50. The van der Waals surface area contributed by atoms with E-state index in [4.69, 9.17) is 4.74 Å². The van der Waals surface area contributed by atoms with Crippen LogP contribution in [0.4, 0.5) is 4.39 Å². The van der Waals surface area contributed by atoms with E-state index < -0.39 is 6.10 Å². The summed E-state index contributed by atoms with van der Waals surface area (Å²) in [6.45, 7) is 2.91. The Kier molecular flexibility index (Phi) is 5.60. The van der Waals surface area contributed by atoms with Crippen LogP contribution in [0.25, 0.3) is 0 Å². The average Bonchev–Trinajstić information content (AvgIpc) is 2.41. The number of hydrogen-bond acceptors (Lipinski definition) is 3. The van der Waals surface area contributed by atoms with E-state index in [0.29, 0.717) is 16.8 Å². The smallest absolute Gasteiger partial charge is 0.141 e. The Morgan fingerprint density at radius 2 is 2.05 bits per heavy atom. The number of β-amino-alcohol motifs (C(OH)–C–C–N with tert-alkyl or cyclic N) is 1. The SMILES string of the molecule is OC(COc1ccc(Br)c(F)c1)CN1CCCCC1. The molecule has 0 spiro atoms. The summed E-state index contributed by atoms with van der Waals surface area (Å²) >= 11 is 3.09. The number of likely N-dealkylation sites (tertiary alicyclic amines) is 1. The molecule has 3 nitrogen and oxygen atoms in total. The van der Waals surface area contributed by atoms with Gasteiger partial charge in [0.2, 0.25) is 0 Å². The van der Waals surface area contributed by atoms with Crippen LogP contribution in [0.15, 0.2) is 22.7 Å². The molecule has 106 valence electrons. The van der Waals surface area contributed by atoms with Gasteiger partial charge in [-0.05, 0) is 54.0 Å². The van der Waals surface area contributed by atoms with Crippen LogP contribution in [0.5, 0.6) is 5.75 Å². The number of benzene rings is 1. The van der Waals surface area contributed by atoms with Gasteiger partial charge in [-0.3, -0.25) is 0 Å². The summed E-state index contributed by atoms with van der Waals surface area (Å²) in [5.74, 6) is 0.0846. The Morgan fingerprint density at radius 1 is 1.32 bits per heavy atom. The van der Waals surface area contributed by atoms with Crippen molar-refractivity contribution in [3.8, 4) is 5.75 Å². The minimum absolute atomic E-state index is 0.192. The number of halogens is 2. The lowest BCUT2D eigenvalue weighted by Gasteiger charge is -2.28. The molecule has 0 saturated carbocycles. The highest BCUT2D eigenvalue weighted by Gasteiger charge is 2.15. The van der Waals surface area contributed by atoms with E-state index in [2.05, 4.69) is 20.8 Å². The van der Waals surface area contributed by atoms with Crippen molar-refractivity contribution in [2.75, 3.05) is 26.2 Å². The largest absolute Gasteiger partial charge is 0.491 e. The fraction of sp³-hybridized carbons (Fsp3) is 0.571. The molecule has 0 bridgehead atoms. The van der Waals surface area contributed by atoms with Crippen LogP contribution in [-0.4, -0.2) is 42.4 Å². The van der Waals surface area contributed by atoms with Gasteiger partial charge >= 0.3 is 0 Å². The minimum atomic E-state index is -0.537. The second-order valence-corrected chi connectivity index (χ2v) is 5.76. The lowest BCUT2D eigenvalue weighted by molar-refractivity contribution is 0.0616. The summed E-state index contributed by atoms with van der Waals surface area (Å²) in [7, 11) is 0. The van der Waals surface area contributed by atoms with Gasteiger partial charge in [0.1, 0.15) is 24.3 Å². The van der Waals surface area contributed by atoms with E-state index in [1.165, 1.54) is 25.3 Å². The monoisotopic (exact) mass is 331 g/mol. The van der Waals surface area contributed by atoms with Crippen molar-refractivity contribution >= 4 is 15.9 Å². The van der Waals surface area contributed by atoms with Gasteiger partial charge in [0.05, 0.1) is 4.47 Å². The van der Waals surface area contributed by atoms with Gasteiger partial charge in [0.25, 0.3) is 0 Å². The molecule has 0 radical (unpaired) electrons. The van der Waals surface area contributed by atoms with E-state index in [0.717, 1.165) is 13.1 Å². The molecule has 0 aliphatic carbocycles. The molecule has 1 N–H and O–H groups in total. The third-order valence-electron chi connectivity index (χ3n) is 3.25. The maximum atomic E-state index is 13.3. The van der Waals surface area contributed by atoms with Gasteiger partial charge in [-0.2, -0.15) is 0 Å². The van der Waals surface area contributed by atoms with Crippen molar-refractivity contribution in [2.45, 2.75) is 25.4 Å². The van der Waals surface area contributed by atoms with Gasteiger partial charge in [-0.25, -0.2) is 4.39 Å². The molecule has 1 atom stereocenters. The molecule has 1 unspecified atom stereocenters. The molecule has 2 rings (SSSR count). The van der Waals surface area contributed by atoms with Crippen LogP contribution in [0.2, 0.25) is 0 Å². The summed E-state index contributed by atoms with van der Waals surface area (Å²) in [6, 6.07) is 4.60. The molecule has 19 heavy (non-hydrogen) atoms. The van der Waals surface area contributed by atoms with E-state index in [9.17, 15) is 9.50 Å².